The first-order valence-corrected chi connectivity index (χ1v) is 6.65. The van der Waals surface area contributed by atoms with Gasteiger partial charge in [-0.2, -0.15) is 0 Å². The molecule has 2 heterocycles. The van der Waals surface area contributed by atoms with Gasteiger partial charge in [-0.1, -0.05) is 6.92 Å². The summed E-state index contributed by atoms with van der Waals surface area (Å²) in [6, 6.07) is 0.348. The highest BCUT2D eigenvalue weighted by Crippen LogP contribution is 2.19. The lowest BCUT2D eigenvalue weighted by Crippen LogP contribution is -2.51. The van der Waals surface area contributed by atoms with Gasteiger partial charge in [0.1, 0.15) is 5.82 Å². The van der Waals surface area contributed by atoms with E-state index in [2.05, 4.69) is 27.1 Å². The summed E-state index contributed by atoms with van der Waals surface area (Å²) in [5.41, 5.74) is 0.986. The monoisotopic (exact) mass is 250 g/mol. The Bertz CT molecular complexity index is 372. The minimum atomic E-state index is 0.348. The van der Waals surface area contributed by atoms with Crippen molar-refractivity contribution in [1.29, 1.82) is 0 Å². The number of rotatable bonds is 5. The summed E-state index contributed by atoms with van der Waals surface area (Å²) >= 11 is 0. The van der Waals surface area contributed by atoms with Crippen molar-refractivity contribution in [2.45, 2.75) is 26.3 Å². The van der Waals surface area contributed by atoms with Gasteiger partial charge in [0.05, 0.1) is 24.9 Å². The first-order chi connectivity index (χ1) is 8.83. The van der Waals surface area contributed by atoms with E-state index in [-0.39, 0.29) is 0 Å². The summed E-state index contributed by atoms with van der Waals surface area (Å²) in [6.45, 7) is 8.57. The summed E-state index contributed by atoms with van der Waals surface area (Å²) in [7, 11) is 0. The summed E-state index contributed by atoms with van der Waals surface area (Å²) in [5, 5.41) is 3.45. The maximum Gasteiger partial charge on any atom is 0.150 e. The molecule has 1 aromatic rings. The zero-order valence-corrected chi connectivity index (χ0v) is 11.2. The van der Waals surface area contributed by atoms with Gasteiger partial charge in [-0.05, 0) is 19.9 Å². The fraction of sp³-hybridized carbons (Fsp3) is 0.692. The van der Waals surface area contributed by atoms with E-state index in [0.717, 1.165) is 50.8 Å². The second-order valence-electron chi connectivity index (χ2n) is 4.59. The number of ether oxygens (including phenoxy) is 1. The minimum absolute atomic E-state index is 0.348. The highest BCUT2D eigenvalue weighted by Gasteiger charge is 2.25. The molecule has 1 aromatic heterocycles. The molecule has 2 rings (SSSR count). The van der Waals surface area contributed by atoms with Gasteiger partial charge >= 0.3 is 0 Å². The first-order valence-electron chi connectivity index (χ1n) is 6.65. The van der Waals surface area contributed by atoms with E-state index >= 15 is 0 Å². The van der Waals surface area contributed by atoms with Crippen molar-refractivity contribution in [2.24, 2.45) is 0 Å². The zero-order valence-electron chi connectivity index (χ0n) is 11.2. The molecule has 0 spiro atoms. The van der Waals surface area contributed by atoms with Crippen LogP contribution in [0.3, 0.4) is 0 Å². The van der Waals surface area contributed by atoms with Crippen LogP contribution in [0.4, 0.5) is 5.82 Å². The van der Waals surface area contributed by atoms with E-state index < -0.39 is 0 Å². The van der Waals surface area contributed by atoms with Gasteiger partial charge < -0.3 is 15.0 Å². The summed E-state index contributed by atoms with van der Waals surface area (Å²) < 4.78 is 5.57. The molecule has 18 heavy (non-hydrogen) atoms. The van der Waals surface area contributed by atoms with E-state index in [9.17, 15) is 0 Å². The third-order valence-corrected chi connectivity index (χ3v) is 3.16. The van der Waals surface area contributed by atoms with E-state index in [1.807, 2.05) is 6.92 Å². The fourth-order valence-corrected chi connectivity index (χ4v) is 2.23. The van der Waals surface area contributed by atoms with Gasteiger partial charge in [0.2, 0.25) is 0 Å². The number of morpholine rings is 1. The number of hydrogen-bond acceptors (Lipinski definition) is 5. The smallest absolute Gasteiger partial charge is 0.150 e. The van der Waals surface area contributed by atoms with Crippen LogP contribution in [0.1, 0.15) is 19.0 Å². The molecule has 0 aliphatic carbocycles. The van der Waals surface area contributed by atoms with Crippen LogP contribution in [0.25, 0.3) is 0 Å². The second kappa shape index (κ2) is 6.66. The number of anilines is 1. The Hall–Kier alpha value is -1.20. The molecular weight excluding hydrogens is 228 g/mol. The second-order valence-corrected chi connectivity index (χ2v) is 4.59. The molecule has 1 fully saturated rings. The first kappa shape index (κ1) is 13.2. The Morgan fingerprint density at radius 2 is 2.28 bits per heavy atom. The maximum atomic E-state index is 5.57. The van der Waals surface area contributed by atoms with Crippen LogP contribution >= 0.6 is 0 Å². The number of nitrogens with one attached hydrogen (secondary N) is 1. The lowest BCUT2D eigenvalue weighted by molar-refractivity contribution is 0.0933. The third kappa shape index (κ3) is 3.17. The molecule has 0 aromatic carbocycles. The molecule has 1 aliphatic heterocycles. The summed E-state index contributed by atoms with van der Waals surface area (Å²) in [4.78, 5) is 11.1. The van der Waals surface area contributed by atoms with Crippen molar-refractivity contribution < 1.29 is 4.74 Å². The van der Waals surface area contributed by atoms with E-state index in [1.54, 1.807) is 12.4 Å². The van der Waals surface area contributed by atoms with Crippen molar-refractivity contribution in [3.63, 3.8) is 0 Å². The lowest BCUT2D eigenvalue weighted by Gasteiger charge is -2.37. The predicted molar refractivity (Wildman–Crippen MR) is 71.9 cm³/mol. The van der Waals surface area contributed by atoms with Crippen LogP contribution in [-0.2, 0) is 4.74 Å². The summed E-state index contributed by atoms with van der Waals surface area (Å²) in [6.07, 6.45) is 4.65. The molecule has 1 atom stereocenters. The molecular formula is C13H22N4O. The quantitative estimate of drug-likeness (QED) is 0.790. The average molecular weight is 250 g/mol. The van der Waals surface area contributed by atoms with Crippen molar-refractivity contribution in [3.05, 3.63) is 18.1 Å². The van der Waals surface area contributed by atoms with Crippen molar-refractivity contribution >= 4 is 5.82 Å². The molecule has 1 unspecified atom stereocenters. The SMILES string of the molecule is CCCNCC1COCCN1c1nccnc1C. The number of aryl methyl sites for hydroxylation is 1. The van der Waals surface area contributed by atoms with E-state index in [4.69, 9.17) is 4.74 Å². The Balaban J connectivity index is 2.05. The average Bonchev–Trinajstić information content (AvgIpc) is 2.40. The standard InChI is InChI=1S/C13H22N4O/c1-3-4-14-9-12-10-18-8-7-17(12)13-11(2)15-5-6-16-13/h5-6,12,14H,3-4,7-10H2,1-2H3. The Morgan fingerprint density at radius 1 is 1.44 bits per heavy atom. The van der Waals surface area contributed by atoms with Gasteiger partial charge in [-0.25, -0.2) is 4.98 Å². The van der Waals surface area contributed by atoms with Crippen LogP contribution in [0.5, 0.6) is 0 Å². The molecule has 0 amide bonds. The number of aromatic nitrogens is 2. The van der Waals surface area contributed by atoms with E-state index in [1.165, 1.54) is 0 Å². The molecule has 0 bridgehead atoms. The van der Waals surface area contributed by atoms with Crippen LogP contribution in [-0.4, -0.2) is 48.9 Å². The zero-order chi connectivity index (χ0) is 12.8. The number of nitrogens with zero attached hydrogens (tertiary/aromatic N) is 3. The Morgan fingerprint density at radius 3 is 3.06 bits per heavy atom. The molecule has 1 aliphatic rings. The Kier molecular flexibility index (Phi) is 4.90. The van der Waals surface area contributed by atoms with E-state index in [0.29, 0.717) is 6.04 Å². The molecule has 0 radical (unpaired) electrons. The van der Waals surface area contributed by atoms with Gasteiger partial charge in [0.15, 0.2) is 0 Å². The predicted octanol–water partition coefficient (Wildman–Crippen LogP) is 0.990. The lowest BCUT2D eigenvalue weighted by atomic mass is 10.2. The number of hydrogen-bond donors (Lipinski definition) is 1. The minimum Gasteiger partial charge on any atom is -0.377 e. The molecule has 100 valence electrons. The molecule has 5 nitrogen and oxygen atoms in total. The van der Waals surface area contributed by atoms with Crippen molar-refractivity contribution in [2.75, 3.05) is 37.7 Å². The summed E-state index contributed by atoms with van der Waals surface area (Å²) in [5.74, 6) is 0.990. The van der Waals surface area contributed by atoms with Gasteiger partial charge in [-0.3, -0.25) is 4.98 Å². The normalized spacial score (nSPS) is 20.1. The molecule has 1 N–H and O–H groups in total. The topological polar surface area (TPSA) is 50.3 Å². The van der Waals surface area contributed by atoms with Crippen LogP contribution in [0.15, 0.2) is 12.4 Å². The van der Waals surface area contributed by atoms with Gasteiger partial charge in [0, 0.05) is 25.5 Å². The Labute approximate surface area is 109 Å². The molecule has 1 saturated heterocycles. The maximum absolute atomic E-state index is 5.57. The van der Waals surface area contributed by atoms with Gasteiger partial charge in [-0.15, -0.1) is 0 Å². The van der Waals surface area contributed by atoms with Crippen LogP contribution < -0.4 is 10.2 Å². The highest BCUT2D eigenvalue weighted by atomic mass is 16.5. The van der Waals surface area contributed by atoms with Gasteiger partial charge in [0.25, 0.3) is 0 Å². The third-order valence-electron chi connectivity index (χ3n) is 3.16. The van der Waals surface area contributed by atoms with Crippen LogP contribution in [0.2, 0.25) is 0 Å². The van der Waals surface area contributed by atoms with Crippen LogP contribution in [0, 0.1) is 6.92 Å². The van der Waals surface area contributed by atoms with Crippen molar-refractivity contribution in [3.8, 4) is 0 Å². The molecule has 0 saturated carbocycles. The largest absolute Gasteiger partial charge is 0.377 e. The highest BCUT2D eigenvalue weighted by molar-refractivity contribution is 5.44. The van der Waals surface area contributed by atoms with Crippen molar-refractivity contribution in [1.82, 2.24) is 15.3 Å². The fourth-order valence-electron chi connectivity index (χ4n) is 2.23. The molecule has 5 heteroatoms.